The Labute approximate surface area is 246 Å². The molecule has 220 valence electrons. The predicted molar refractivity (Wildman–Crippen MR) is 166 cm³/mol. The van der Waals surface area contributed by atoms with Gasteiger partial charge < -0.3 is 9.80 Å². The number of anilines is 1. The van der Waals surface area contributed by atoms with Gasteiger partial charge in [0.2, 0.25) is 10.0 Å². The summed E-state index contributed by atoms with van der Waals surface area (Å²) in [5.74, 6) is 0.692. The molecule has 0 aromatic carbocycles. The lowest BCUT2D eigenvalue weighted by Crippen LogP contribution is -2.59. The molecule has 1 fully saturated rings. The van der Waals surface area contributed by atoms with Crippen molar-refractivity contribution in [3.63, 3.8) is 0 Å². The van der Waals surface area contributed by atoms with Gasteiger partial charge in [-0.05, 0) is 56.1 Å². The van der Waals surface area contributed by atoms with Crippen molar-refractivity contribution in [1.82, 2.24) is 29.2 Å². The molecule has 1 saturated heterocycles. The lowest BCUT2D eigenvalue weighted by molar-refractivity contribution is 0.0964. The minimum absolute atomic E-state index is 0. The summed E-state index contributed by atoms with van der Waals surface area (Å²) in [6.07, 6.45) is 5.96. The van der Waals surface area contributed by atoms with Crippen molar-refractivity contribution >= 4 is 38.6 Å². The Hall–Kier alpha value is -3.19. The summed E-state index contributed by atoms with van der Waals surface area (Å²) in [5, 5.41) is 6.50. The number of hydrogen-bond acceptors (Lipinski definition) is 9. The Morgan fingerprint density at radius 1 is 1.17 bits per heavy atom. The zero-order valence-electron chi connectivity index (χ0n) is 23.2. The molecule has 1 N–H and O–H groups in total. The minimum Gasteiger partial charge on any atom is -0.353 e. The number of sulfonamides is 1. The smallest absolute Gasteiger partial charge is 0.209 e. The minimum atomic E-state index is -3.30. The Kier molecular flexibility index (Phi) is 9.58. The van der Waals surface area contributed by atoms with E-state index in [-0.39, 0.29) is 19.3 Å². The summed E-state index contributed by atoms with van der Waals surface area (Å²) in [4.78, 5) is 28.7. The van der Waals surface area contributed by atoms with Crippen molar-refractivity contribution < 1.29 is 13.2 Å². The van der Waals surface area contributed by atoms with E-state index in [1.165, 1.54) is 0 Å². The number of pyridine rings is 1. The fourth-order valence-electron chi connectivity index (χ4n) is 5.14. The van der Waals surface area contributed by atoms with Gasteiger partial charge in [0.15, 0.2) is 11.4 Å². The molecular weight excluding hydrogens is 558 g/mol. The molecule has 0 bridgehead atoms. The van der Waals surface area contributed by atoms with E-state index in [1.54, 1.807) is 22.0 Å². The van der Waals surface area contributed by atoms with Crippen LogP contribution >= 0.6 is 11.3 Å². The first kappa shape index (κ1) is 30.8. The van der Waals surface area contributed by atoms with E-state index in [0.29, 0.717) is 48.3 Å². The molecule has 0 unspecified atom stereocenters. The molecule has 1 aliphatic heterocycles. The molecule has 4 aromatic heterocycles. The summed E-state index contributed by atoms with van der Waals surface area (Å²) in [6, 6.07) is 9.71. The van der Waals surface area contributed by atoms with Crippen LogP contribution in [0.1, 0.15) is 51.4 Å². The van der Waals surface area contributed by atoms with E-state index in [9.17, 15) is 13.2 Å². The van der Waals surface area contributed by atoms with Crippen LogP contribution in [-0.2, 0) is 10.0 Å². The van der Waals surface area contributed by atoms with Crippen molar-refractivity contribution in [2.75, 3.05) is 37.3 Å². The second-order valence-electron chi connectivity index (χ2n) is 10.2. The number of ketones is 1. The summed E-state index contributed by atoms with van der Waals surface area (Å²) >= 11 is 1.62. The number of thiophene rings is 1. The fourth-order valence-corrected chi connectivity index (χ4v) is 6.59. The standard InChI is InChI=1S/C28H35N7O3S2.CH4/c1-5-33(6-2)19(3)9-10-25(36)20-14-24(30-27(15-20)34-17-21(18-34)32-40(4,37)38)22-16-29-35-12-11-23(31-28(22)35)26-8-7-13-39-26;/h7-8,11-16,19,21,32H,5-6,9-10,17-18H2,1-4H3;1H4/t19-;/m0./s1. The number of nitrogens with one attached hydrogen (secondary N) is 1. The normalized spacial score (nSPS) is 14.7. The van der Waals surface area contributed by atoms with Crippen LogP contribution in [0.2, 0.25) is 0 Å². The number of carbonyl (C=O) groups excluding carboxylic acids is 1. The number of carbonyl (C=O) groups is 1. The van der Waals surface area contributed by atoms with Crippen LogP contribution in [0.3, 0.4) is 0 Å². The molecule has 0 saturated carbocycles. The quantitative estimate of drug-likeness (QED) is 0.236. The van der Waals surface area contributed by atoms with Gasteiger partial charge in [0, 0.05) is 37.3 Å². The van der Waals surface area contributed by atoms with Gasteiger partial charge in [-0.3, -0.25) is 4.79 Å². The third-order valence-corrected chi connectivity index (χ3v) is 9.02. The van der Waals surface area contributed by atoms with Crippen LogP contribution in [0.15, 0.2) is 48.1 Å². The molecule has 5 heterocycles. The number of aromatic nitrogens is 4. The van der Waals surface area contributed by atoms with Crippen LogP contribution < -0.4 is 9.62 Å². The van der Waals surface area contributed by atoms with Gasteiger partial charge in [-0.25, -0.2) is 27.6 Å². The summed E-state index contributed by atoms with van der Waals surface area (Å²) in [6.45, 7) is 9.28. The van der Waals surface area contributed by atoms with E-state index in [0.717, 1.165) is 41.9 Å². The molecule has 12 heteroatoms. The Balaban J connectivity index is 0.00000387. The van der Waals surface area contributed by atoms with Crippen molar-refractivity contribution in [2.24, 2.45) is 0 Å². The average Bonchev–Trinajstić information content (AvgIpc) is 3.59. The van der Waals surface area contributed by atoms with Crippen LogP contribution in [0, 0.1) is 0 Å². The van der Waals surface area contributed by atoms with E-state index in [2.05, 4.69) is 35.5 Å². The van der Waals surface area contributed by atoms with Gasteiger partial charge in [0.1, 0.15) is 5.82 Å². The van der Waals surface area contributed by atoms with Gasteiger partial charge >= 0.3 is 0 Å². The van der Waals surface area contributed by atoms with Crippen molar-refractivity contribution in [3.05, 3.63) is 53.7 Å². The average molecular weight is 598 g/mol. The summed E-state index contributed by atoms with van der Waals surface area (Å²) in [5.41, 5.74) is 3.43. The first-order valence-corrected chi connectivity index (χ1v) is 16.3. The highest BCUT2D eigenvalue weighted by Gasteiger charge is 2.31. The highest BCUT2D eigenvalue weighted by atomic mass is 32.2. The monoisotopic (exact) mass is 597 g/mol. The molecule has 1 atom stereocenters. The van der Waals surface area contributed by atoms with Crippen molar-refractivity contribution in [1.29, 1.82) is 0 Å². The molecule has 41 heavy (non-hydrogen) atoms. The third-order valence-electron chi connectivity index (χ3n) is 7.36. The molecule has 5 rings (SSSR count). The van der Waals surface area contributed by atoms with Gasteiger partial charge in [-0.1, -0.05) is 27.3 Å². The molecular formula is C29H39N7O3S2. The fraction of sp³-hybridized carbons (Fsp3) is 0.448. The van der Waals surface area contributed by atoms with Crippen LogP contribution in [-0.4, -0.2) is 83.2 Å². The summed E-state index contributed by atoms with van der Waals surface area (Å²) in [7, 11) is -3.30. The lowest BCUT2D eigenvalue weighted by atomic mass is 10.0. The molecule has 0 aliphatic carbocycles. The van der Waals surface area contributed by atoms with Gasteiger partial charge in [-0.15, -0.1) is 11.3 Å². The van der Waals surface area contributed by atoms with Crippen molar-refractivity contribution in [2.45, 2.75) is 53.1 Å². The third kappa shape index (κ3) is 7.00. The van der Waals surface area contributed by atoms with Gasteiger partial charge in [0.25, 0.3) is 0 Å². The van der Waals surface area contributed by atoms with E-state index in [1.807, 2.05) is 46.8 Å². The van der Waals surface area contributed by atoms with Crippen LogP contribution in [0.5, 0.6) is 0 Å². The first-order chi connectivity index (χ1) is 19.1. The maximum atomic E-state index is 13.5. The SMILES string of the molecule is C.CCN(CC)[C@@H](C)CCC(=O)c1cc(-c2cnn3ccc(-c4cccs4)nc23)nc(N2CC(NS(C)(=O)=O)C2)c1. The highest BCUT2D eigenvalue weighted by Crippen LogP contribution is 2.30. The van der Waals surface area contributed by atoms with Crippen LogP contribution in [0.25, 0.3) is 27.5 Å². The maximum Gasteiger partial charge on any atom is 0.209 e. The molecule has 10 nitrogen and oxygen atoms in total. The Bertz CT molecular complexity index is 1590. The first-order valence-electron chi connectivity index (χ1n) is 13.6. The molecule has 1 aliphatic rings. The second kappa shape index (κ2) is 12.8. The van der Waals surface area contributed by atoms with E-state index >= 15 is 0 Å². The van der Waals surface area contributed by atoms with Crippen LogP contribution in [0.4, 0.5) is 5.82 Å². The molecule has 0 radical (unpaired) electrons. The van der Waals surface area contributed by atoms with E-state index in [4.69, 9.17) is 9.97 Å². The van der Waals surface area contributed by atoms with E-state index < -0.39 is 10.0 Å². The number of rotatable bonds is 12. The predicted octanol–water partition coefficient (Wildman–Crippen LogP) is 4.59. The zero-order chi connectivity index (χ0) is 28.4. The zero-order valence-corrected chi connectivity index (χ0v) is 24.9. The molecule has 0 amide bonds. The largest absolute Gasteiger partial charge is 0.353 e. The molecule has 0 spiro atoms. The maximum absolute atomic E-state index is 13.5. The summed E-state index contributed by atoms with van der Waals surface area (Å²) < 4.78 is 27.7. The van der Waals surface area contributed by atoms with Gasteiger partial charge in [0.05, 0.1) is 40.3 Å². The number of fused-ring (bicyclic) bond motifs is 1. The second-order valence-corrected chi connectivity index (χ2v) is 13.0. The number of Topliss-reactive ketones (excluding diaryl/α,β-unsaturated/α-hetero) is 1. The highest BCUT2D eigenvalue weighted by molar-refractivity contribution is 7.88. The topological polar surface area (TPSA) is 113 Å². The Morgan fingerprint density at radius 3 is 2.59 bits per heavy atom. The van der Waals surface area contributed by atoms with Gasteiger partial charge in [-0.2, -0.15) is 5.10 Å². The Morgan fingerprint density at radius 2 is 1.93 bits per heavy atom. The van der Waals surface area contributed by atoms with Crippen molar-refractivity contribution in [3.8, 4) is 21.8 Å². The lowest BCUT2D eigenvalue weighted by Gasteiger charge is -2.40. The molecule has 4 aromatic rings. The number of hydrogen-bond donors (Lipinski definition) is 1. The number of nitrogens with zero attached hydrogens (tertiary/aromatic N) is 6.